The zero-order valence-corrected chi connectivity index (χ0v) is 13.5. The fourth-order valence-corrected chi connectivity index (χ4v) is 2.75. The van der Waals surface area contributed by atoms with Crippen molar-refractivity contribution in [2.24, 2.45) is 0 Å². The van der Waals surface area contributed by atoms with Crippen molar-refractivity contribution >= 4 is 5.91 Å². The van der Waals surface area contributed by atoms with Crippen LogP contribution in [0.4, 0.5) is 0 Å². The Morgan fingerprint density at radius 3 is 2.43 bits per heavy atom. The summed E-state index contributed by atoms with van der Waals surface area (Å²) in [6, 6.07) is 13.7. The van der Waals surface area contributed by atoms with Crippen molar-refractivity contribution in [3.05, 3.63) is 77.4 Å². The standard InChI is InChI=1S/C19H21N3O/c1-14-13-17(15(2)21-14)9-10-20-19(23)16-5-7-18(8-6-16)22-11-3-4-12-22/h3-8,11-13,21H,9-10H2,1-2H3,(H,20,23). The topological polar surface area (TPSA) is 49.8 Å². The van der Waals surface area contributed by atoms with Crippen molar-refractivity contribution in [1.82, 2.24) is 14.9 Å². The van der Waals surface area contributed by atoms with Crippen LogP contribution in [0.2, 0.25) is 0 Å². The van der Waals surface area contributed by atoms with Gasteiger partial charge >= 0.3 is 0 Å². The van der Waals surface area contributed by atoms with Gasteiger partial charge in [0, 0.05) is 41.6 Å². The van der Waals surface area contributed by atoms with Gasteiger partial charge in [0.1, 0.15) is 0 Å². The average molecular weight is 307 g/mol. The predicted molar refractivity (Wildman–Crippen MR) is 92.1 cm³/mol. The molecule has 0 atom stereocenters. The first-order valence-corrected chi connectivity index (χ1v) is 7.80. The summed E-state index contributed by atoms with van der Waals surface area (Å²) in [6.45, 7) is 4.74. The number of H-pyrrole nitrogens is 1. The first kappa shape index (κ1) is 15.2. The molecule has 0 aliphatic rings. The number of carbonyl (C=O) groups excluding carboxylic acids is 1. The molecule has 0 aliphatic carbocycles. The maximum Gasteiger partial charge on any atom is 0.251 e. The fraction of sp³-hybridized carbons (Fsp3) is 0.211. The van der Waals surface area contributed by atoms with Crippen LogP contribution in [0.3, 0.4) is 0 Å². The summed E-state index contributed by atoms with van der Waals surface area (Å²) >= 11 is 0. The highest BCUT2D eigenvalue weighted by Crippen LogP contribution is 2.11. The van der Waals surface area contributed by atoms with Crippen LogP contribution in [-0.4, -0.2) is 22.0 Å². The van der Waals surface area contributed by atoms with E-state index in [1.165, 1.54) is 11.3 Å². The molecule has 3 aromatic rings. The molecule has 0 bridgehead atoms. The molecule has 0 saturated heterocycles. The molecule has 0 radical (unpaired) electrons. The van der Waals surface area contributed by atoms with E-state index < -0.39 is 0 Å². The third kappa shape index (κ3) is 3.54. The van der Waals surface area contributed by atoms with E-state index in [1.807, 2.05) is 60.3 Å². The van der Waals surface area contributed by atoms with Gasteiger partial charge in [-0.2, -0.15) is 0 Å². The molecule has 0 aliphatic heterocycles. The normalized spacial score (nSPS) is 10.7. The summed E-state index contributed by atoms with van der Waals surface area (Å²) in [7, 11) is 0. The Hall–Kier alpha value is -2.75. The van der Waals surface area contributed by atoms with Gasteiger partial charge in [-0.05, 0) is 68.3 Å². The Labute approximate surface area is 136 Å². The second kappa shape index (κ2) is 6.57. The molecule has 1 amide bonds. The monoisotopic (exact) mass is 307 g/mol. The van der Waals surface area contributed by atoms with Gasteiger partial charge in [-0.1, -0.05) is 0 Å². The van der Waals surface area contributed by atoms with E-state index in [1.54, 1.807) is 0 Å². The van der Waals surface area contributed by atoms with Crippen LogP contribution < -0.4 is 5.32 Å². The minimum atomic E-state index is -0.0334. The quantitative estimate of drug-likeness (QED) is 0.746. The van der Waals surface area contributed by atoms with Crippen molar-refractivity contribution in [2.75, 3.05) is 6.54 Å². The van der Waals surface area contributed by atoms with Gasteiger partial charge in [0.05, 0.1) is 0 Å². The van der Waals surface area contributed by atoms with Gasteiger partial charge < -0.3 is 14.9 Å². The van der Waals surface area contributed by atoms with E-state index in [9.17, 15) is 4.79 Å². The molecule has 2 N–H and O–H groups in total. The number of hydrogen-bond acceptors (Lipinski definition) is 1. The maximum atomic E-state index is 12.2. The van der Waals surface area contributed by atoms with Gasteiger partial charge in [0.25, 0.3) is 5.91 Å². The smallest absolute Gasteiger partial charge is 0.251 e. The molecule has 0 unspecified atom stereocenters. The van der Waals surface area contributed by atoms with Crippen molar-refractivity contribution in [3.8, 4) is 5.69 Å². The number of nitrogens with one attached hydrogen (secondary N) is 2. The molecule has 0 fully saturated rings. The third-order valence-electron chi connectivity index (χ3n) is 3.97. The number of amides is 1. The second-order valence-electron chi connectivity index (χ2n) is 5.75. The number of carbonyl (C=O) groups is 1. The van der Waals surface area contributed by atoms with Gasteiger partial charge in [0.2, 0.25) is 0 Å². The molecule has 2 aromatic heterocycles. The van der Waals surface area contributed by atoms with Gasteiger partial charge in [0.15, 0.2) is 0 Å². The molecule has 0 saturated carbocycles. The van der Waals surface area contributed by atoms with Crippen molar-refractivity contribution in [1.29, 1.82) is 0 Å². The molecule has 118 valence electrons. The molecular weight excluding hydrogens is 286 g/mol. The van der Waals surface area contributed by atoms with E-state index in [-0.39, 0.29) is 5.91 Å². The summed E-state index contributed by atoms with van der Waals surface area (Å²) in [5.74, 6) is -0.0334. The third-order valence-corrected chi connectivity index (χ3v) is 3.97. The van der Waals surface area contributed by atoms with Gasteiger partial charge in [-0.3, -0.25) is 4.79 Å². The Bertz CT molecular complexity index is 783. The summed E-state index contributed by atoms with van der Waals surface area (Å²) in [6.07, 6.45) is 4.80. The first-order valence-electron chi connectivity index (χ1n) is 7.80. The predicted octanol–water partition coefficient (Wildman–Crippen LogP) is 3.39. The number of aryl methyl sites for hydroxylation is 2. The summed E-state index contributed by atoms with van der Waals surface area (Å²) < 4.78 is 2.01. The second-order valence-corrected chi connectivity index (χ2v) is 5.75. The van der Waals surface area contributed by atoms with E-state index in [0.717, 1.165) is 17.8 Å². The highest BCUT2D eigenvalue weighted by Gasteiger charge is 2.07. The minimum absolute atomic E-state index is 0.0334. The van der Waals surface area contributed by atoms with Crippen LogP contribution in [-0.2, 0) is 6.42 Å². The van der Waals surface area contributed by atoms with Crippen LogP contribution in [0, 0.1) is 13.8 Å². The number of benzene rings is 1. The highest BCUT2D eigenvalue weighted by atomic mass is 16.1. The Kier molecular flexibility index (Phi) is 4.33. The van der Waals surface area contributed by atoms with Crippen molar-refractivity contribution in [2.45, 2.75) is 20.3 Å². The van der Waals surface area contributed by atoms with E-state index >= 15 is 0 Å². The summed E-state index contributed by atoms with van der Waals surface area (Å²) in [5, 5.41) is 2.98. The van der Waals surface area contributed by atoms with Gasteiger partial charge in [-0.15, -0.1) is 0 Å². The van der Waals surface area contributed by atoms with Crippen LogP contribution >= 0.6 is 0 Å². The number of aromatic amines is 1. The molecule has 1 aromatic carbocycles. The number of hydrogen-bond donors (Lipinski definition) is 2. The molecule has 2 heterocycles. The largest absolute Gasteiger partial charge is 0.362 e. The van der Waals surface area contributed by atoms with E-state index in [0.29, 0.717) is 12.1 Å². The lowest BCUT2D eigenvalue weighted by Crippen LogP contribution is -2.25. The zero-order chi connectivity index (χ0) is 16.2. The molecule has 0 spiro atoms. The van der Waals surface area contributed by atoms with Crippen molar-refractivity contribution in [3.63, 3.8) is 0 Å². The lowest BCUT2D eigenvalue weighted by atomic mass is 10.1. The number of aromatic nitrogens is 2. The zero-order valence-electron chi connectivity index (χ0n) is 13.5. The lowest BCUT2D eigenvalue weighted by molar-refractivity contribution is 0.0954. The first-order chi connectivity index (χ1) is 11.1. The molecular formula is C19H21N3O. The minimum Gasteiger partial charge on any atom is -0.362 e. The van der Waals surface area contributed by atoms with Crippen LogP contribution in [0.1, 0.15) is 27.3 Å². The number of rotatable bonds is 5. The lowest BCUT2D eigenvalue weighted by Gasteiger charge is -2.07. The fourth-order valence-electron chi connectivity index (χ4n) is 2.75. The maximum absolute atomic E-state index is 12.2. The van der Waals surface area contributed by atoms with E-state index in [2.05, 4.69) is 23.3 Å². The van der Waals surface area contributed by atoms with Crippen LogP contribution in [0.25, 0.3) is 5.69 Å². The Morgan fingerprint density at radius 1 is 1.13 bits per heavy atom. The van der Waals surface area contributed by atoms with E-state index in [4.69, 9.17) is 0 Å². The summed E-state index contributed by atoms with van der Waals surface area (Å²) in [4.78, 5) is 15.5. The summed E-state index contributed by atoms with van der Waals surface area (Å²) in [5.41, 5.74) is 5.32. The Balaban J connectivity index is 1.57. The molecule has 4 heteroatoms. The SMILES string of the molecule is Cc1cc(CCNC(=O)c2ccc(-n3cccc3)cc2)c(C)[nH]1. The highest BCUT2D eigenvalue weighted by molar-refractivity contribution is 5.94. The molecule has 23 heavy (non-hydrogen) atoms. The van der Waals surface area contributed by atoms with Gasteiger partial charge in [-0.25, -0.2) is 0 Å². The van der Waals surface area contributed by atoms with Crippen molar-refractivity contribution < 1.29 is 4.79 Å². The van der Waals surface area contributed by atoms with Crippen LogP contribution in [0.15, 0.2) is 54.9 Å². The molecule has 3 rings (SSSR count). The van der Waals surface area contributed by atoms with Crippen LogP contribution in [0.5, 0.6) is 0 Å². The molecule has 4 nitrogen and oxygen atoms in total. The Morgan fingerprint density at radius 2 is 1.83 bits per heavy atom. The number of nitrogens with zero attached hydrogens (tertiary/aromatic N) is 1. The average Bonchev–Trinajstić information content (AvgIpc) is 3.18.